The Morgan fingerprint density at radius 1 is 1.36 bits per heavy atom. The second kappa shape index (κ2) is 4.55. The molecule has 3 heteroatoms. The van der Waals surface area contributed by atoms with E-state index in [0.29, 0.717) is 6.61 Å². The average molecular weight is 194 g/mol. The van der Waals surface area contributed by atoms with Gasteiger partial charge < -0.3 is 14.2 Å². The van der Waals surface area contributed by atoms with Gasteiger partial charge in [0.25, 0.3) is 0 Å². The van der Waals surface area contributed by atoms with Gasteiger partial charge in [-0.15, -0.1) is 0 Å². The molecule has 0 aromatic heterocycles. The first kappa shape index (κ1) is 9.65. The van der Waals surface area contributed by atoms with Crippen LogP contribution in [0.25, 0.3) is 0 Å². The normalized spacial score (nSPS) is 26.6. The minimum absolute atomic E-state index is 0.164. The third kappa shape index (κ3) is 2.32. The summed E-state index contributed by atoms with van der Waals surface area (Å²) >= 11 is 0. The van der Waals surface area contributed by atoms with Crippen molar-refractivity contribution in [3.05, 3.63) is 35.9 Å². The molecule has 1 aliphatic heterocycles. The molecule has 0 amide bonds. The molecule has 1 aromatic rings. The zero-order valence-corrected chi connectivity index (χ0v) is 8.18. The summed E-state index contributed by atoms with van der Waals surface area (Å²) < 4.78 is 15.9. The van der Waals surface area contributed by atoms with Gasteiger partial charge in [-0.25, -0.2) is 0 Å². The van der Waals surface area contributed by atoms with Crippen LogP contribution in [0.3, 0.4) is 0 Å². The van der Waals surface area contributed by atoms with Gasteiger partial charge in [0, 0.05) is 13.5 Å². The average Bonchev–Trinajstić information content (AvgIpc) is 2.67. The molecule has 3 nitrogen and oxygen atoms in total. The van der Waals surface area contributed by atoms with E-state index < -0.39 is 0 Å². The summed E-state index contributed by atoms with van der Waals surface area (Å²) in [6.45, 7) is 0.522. The molecule has 1 saturated heterocycles. The van der Waals surface area contributed by atoms with Crippen molar-refractivity contribution in [3.8, 4) is 0 Å². The molecule has 0 spiro atoms. The van der Waals surface area contributed by atoms with Crippen LogP contribution < -0.4 is 0 Å². The number of hydrogen-bond acceptors (Lipinski definition) is 3. The molecule has 1 fully saturated rings. The van der Waals surface area contributed by atoms with Gasteiger partial charge in [0.15, 0.2) is 12.6 Å². The summed E-state index contributed by atoms with van der Waals surface area (Å²) in [5, 5.41) is 0. The quantitative estimate of drug-likeness (QED) is 0.731. The predicted octanol–water partition coefficient (Wildman–Crippen LogP) is 1.57. The van der Waals surface area contributed by atoms with Crippen LogP contribution in [0.4, 0.5) is 0 Å². The molecule has 1 aliphatic rings. The van der Waals surface area contributed by atoms with Crippen LogP contribution in [0, 0.1) is 0 Å². The molecule has 2 unspecified atom stereocenters. The molecule has 76 valence electrons. The highest BCUT2D eigenvalue weighted by Crippen LogP contribution is 2.16. The van der Waals surface area contributed by atoms with E-state index in [0.717, 1.165) is 6.42 Å². The van der Waals surface area contributed by atoms with Gasteiger partial charge >= 0.3 is 0 Å². The van der Waals surface area contributed by atoms with E-state index in [2.05, 4.69) is 12.1 Å². The van der Waals surface area contributed by atoms with E-state index >= 15 is 0 Å². The van der Waals surface area contributed by atoms with Gasteiger partial charge in [-0.3, -0.25) is 0 Å². The lowest BCUT2D eigenvalue weighted by Gasteiger charge is -2.09. The van der Waals surface area contributed by atoms with Gasteiger partial charge in [0.2, 0.25) is 0 Å². The highest BCUT2D eigenvalue weighted by Gasteiger charge is 2.25. The first-order chi connectivity index (χ1) is 6.88. The molecule has 0 aliphatic carbocycles. The molecule has 0 saturated carbocycles. The van der Waals surface area contributed by atoms with Crippen LogP contribution in [-0.4, -0.2) is 26.3 Å². The van der Waals surface area contributed by atoms with Crippen LogP contribution in [0.15, 0.2) is 30.3 Å². The number of hydrogen-bond donors (Lipinski definition) is 0. The topological polar surface area (TPSA) is 27.7 Å². The fourth-order valence-corrected chi connectivity index (χ4v) is 1.47. The van der Waals surface area contributed by atoms with Crippen molar-refractivity contribution in [2.24, 2.45) is 0 Å². The van der Waals surface area contributed by atoms with Gasteiger partial charge in [0.1, 0.15) is 6.61 Å². The SMILES string of the molecule is COC1COC(Cc2ccccc2)O1. The molecule has 1 aromatic carbocycles. The second-order valence-corrected chi connectivity index (χ2v) is 3.25. The summed E-state index contributed by atoms with van der Waals surface area (Å²) in [7, 11) is 1.62. The Morgan fingerprint density at radius 2 is 2.14 bits per heavy atom. The highest BCUT2D eigenvalue weighted by molar-refractivity contribution is 5.15. The fourth-order valence-electron chi connectivity index (χ4n) is 1.47. The molecule has 2 atom stereocenters. The van der Waals surface area contributed by atoms with Crippen molar-refractivity contribution in [2.45, 2.75) is 19.0 Å². The number of ether oxygens (including phenoxy) is 3. The minimum Gasteiger partial charge on any atom is -0.353 e. The van der Waals surface area contributed by atoms with Gasteiger partial charge in [-0.1, -0.05) is 30.3 Å². The van der Waals surface area contributed by atoms with E-state index in [1.165, 1.54) is 5.56 Å². The number of rotatable bonds is 3. The van der Waals surface area contributed by atoms with Crippen molar-refractivity contribution in [1.29, 1.82) is 0 Å². The Balaban J connectivity index is 1.88. The van der Waals surface area contributed by atoms with E-state index in [9.17, 15) is 0 Å². The van der Waals surface area contributed by atoms with Crippen LogP contribution in [0.1, 0.15) is 5.56 Å². The van der Waals surface area contributed by atoms with Crippen LogP contribution in [-0.2, 0) is 20.6 Å². The molecular formula is C11H14O3. The van der Waals surface area contributed by atoms with E-state index in [4.69, 9.17) is 14.2 Å². The highest BCUT2D eigenvalue weighted by atomic mass is 16.8. The zero-order chi connectivity index (χ0) is 9.80. The van der Waals surface area contributed by atoms with Gasteiger partial charge in [0.05, 0.1) is 0 Å². The van der Waals surface area contributed by atoms with Crippen molar-refractivity contribution in [2.75, 3.05) is 13.7 Å². The molecular weight excluding hydrogens is 180 g/mol. The summed E-state index contributed by atoms with van der Waals surface area (Å²) in [6, 6.07) is 10.1. The smallest absolute Gasteiger partial charge is 0.183 e. The minimum atomic E-state index is -0.205. The molecule has 14 heavy (non-hydrogen) atoms. The Morgan fingerprint density at radius 3 is 2.79 bits per heavy atom. The first-order valence-corrected chi connectivity index (χ1v) is 4.72. The van der Waals surface area contributed by atoms with Crippen molar-refractivity contribution < 1.29 is 14.2 Å². The van der Waals surface area contributed by atoms with E-state index in [-0.39, 0.29) is 12.6 Å². The monoisotopic (exact) mass is 194 g/mol. The van der Waals surface area contributed by atoms with E-state index in [1.54, 1.807) is 7.11 Å². The largest absolute Gasteiger partial charge is 0.353 e. The van der Waals surface area contributed by atoms with Crippen molar-refractivity contribution >= 4 is 0 Å². The molecule has 2 rings (SSSR count). The molecule has 0 bridgehead atoms. The van der Waals surface area contributed by atoms with Crippen LogP contribution >= 0.6 is 0 Å². The molecule has 0 N–H and O–H groups in total. The summed E-state index contributed by atoms with van der Waals surface area (Å²) in [4.78, 5) is 0. The molecule has 0 radical (unpaired) electrons. The van der Waals surface area contributed by atoms with E-state index in [1.807, 2.05) is 18.2 Å². The van der Waals surface area contributed by atoms with Crippen molar-refractivity contribution in [1.82, 2.24) is 0 Å². The maximum absolute atomic E-state index is 5.47. The Kier molecular flexibility index (Phi) is 3.14. The number of methoxy groups -OCH3 is 1. The van der Waals surface area contributed by atoms with Crippen LogP contribution in [0.5, 0.6) is 0 Å². The van der Waals surface area contributed by atoms with Crippen molar-refractivity contribution in [3.63, 3.8) is 0 Å². The predicted molar refractivity (Wildman–Crippen MR) is 51.8 cm³/mol. The Labute approximate surface area is 83.6 Å². The summed E-state index contributed by atoms with van der Waals surface area (Å²) in [5.74, 6) is 0. The lowest BCUT2D eigenvalue weighted by Crippen LogP contribution is -2.15. The first-order valence-electron chi connectivity index (χ1n) is 4.72. The van der Waals surface area contributed by atoms with Gasteiger partial charge in [-0.2, -0.15) is 0 Å². The lowest BCUT2D eigenvalue weighted by atomic mass is 10.1. The third-order valence-electron chi connectivity index (χ3n) is 2.23. The molecule has 1 heterocycles. The zero-order valence-electron chi connectivity index (χ0n) is 8.18. The Hall–Kier alpha value is -0.900. The summed E-state index contributed by atoms with van der Waals surface area (Å²) in [5.41, 5.74) is 1.22. The maximum Gasteiger partial charge on any atom is 0.183 e. The Bertz CT molecular complexity index is 273. The summed E-state index contributed by atoms with van der Waals surface area (Å²) in [6.07, 6.45) is 0.409. The second-order valence-electron chi connectivity index (χ2n) is 3.25. The number of benzene rings is 1. The van der Waals surface area contributed by atoms with Gasteiger partial charge in [-0.05, 0) is 5.56 Å². The fraction of sp³-hybridized carbons (Fsp3) is 0.455. The van der Waals surface area contributed by atoms with Crippen LogP contribution in [0.2, 0.25) is 0 Å². The lowest BCUT2D eigenvalue weighted by molar-refractivity contribution is -0.128. The standard InChI is InChI=1S/C11H14O3/c1-12-11-8-13-10(14-11)7-9-5-3-2-4-6-9/h2-6,10-11H,7-8H2,1H3. The third-order valence-corrected chi connectivity index (χ3v) is 2.23. The maximum atomic E-state index is 5.47.